The van der Waals surface area contributed by atoms with Crippen LogP contribution in [0, 0.1) is 6.92 Å². The van der Waals surface area contributed by atoms with Crippen LogP contribution in [0.15, 0.2) is 47.3 Å². The number of nitrogens with two attached hydrogens (primary N) is 1. The highest BCUT2D eigenvalue weighted by atomic mass is 35.5. The lowest BCUT2D eigenvalue weighted by molar-refractivity contribution is 1.03. The number of rotatable bonds is 1. The molecule has 3 rings (SSSR count). The van der Waals surface area contributed by atoms with Crippen molar-refractivity contribution in [3.05, 3.63) is 68.4 Å². The molecule has 3 nitrogen and oxygen atoms in total. The molecule has 0 aliphatic heterocycles. The molecule has 0 bridgehead atoms. The molecule has 3 aromatic rings. The molecule has 106 valence electrons. The lowest BCUT2D eigenvalue weighted by atomic mass is 10.1. The first-order valence-electron chi connectivity index (χ1n) is 6.36. The van der Waals surface area contributed by atoms with E-state index in [2.05, 4.69) is 0 Å². The first kappa shape index (κ1) is 14.0. The SMILES string of the molecule is Cc1c(N)c(=O)c2ccc(Cl)cc2n1-c1ccccc1Cl. The summed E-state index contributed by atoms with van der Waals surface area (Å²) in [5.41, 5.74) is 8.07. The van der Waals surface area contributed by atoms with Gasteiger partial charge in [0.2, 0.25) is 5.43 Å². The fraction of sp³-hybridized carbons (Fsp3) is 0.0625. The van der Waals surface area contributed by atoms with E-state index in [9.17, 15) is 4.79 Å². The molecule has 5 heteroatoms. The van der Waals surface area contributed by atoms with Gasteiger partial charge in [-0.2, -0.15) is 0 Å². The number of anilines is 1. The number of aromatic nitrogens is 1. The van der Waals surface area contributed by atoms with Crippen LogP contribution < -0.4 is 11.2 Å². The Kier molecular flexibility index (Phi) is 3.40. The number of benzene rings is 2. The normalized spacial score (nSPS) is 11.0. The first-order chi connectivity index (χ1) is 10.0. The monoisotopic (exact) mass is 318 g/mol. The van der Waals surface area contributed by atoms with Crippen molar-refractivity contribution < 1.29 is 0 Å². The molecule has 0 fully saturated rings. The van der Waals surface area contributed by atoms with Gasteiger partial charge in [-0.05, 0) is 37.3 Å². The predicted octanol–water partition coefficient (Wildman–Crippen LogP) is 4.19. The molecule has 2 N–H and O–H groups in total. The number of halogens is 2. The molecule has 0 saturated carbocycles. The molecule has 0 unspecified atom stereocenters. The number of nitrogen functional groups attached to an aromatic ring is 1. The molecule has 2 aromatic carbocycles. The second kappa shape index (κ2) is 5.10. The molecule has 21 heavy (non-hydrogen) atoms. The predicted molar refractivity (Wildman–Crippen MR) is 88.7 cm³/mol. The largest absolute Gasteiger partial charge is 0.394 e. The van der Waals surface area contributed by atoms with Gasteiger partial charge in [-0.1, -0.05) is 35.3 Å². The second-order valence-corrected chi connectivity index (χ2v) is 5.62. The summed E-state index contributed by atoms with van der Waals surface area (Å²) in [5.74, 6) is 0. The molecule has 0 radical (unpaired) electrons. The van der Waals surface area contributed by atoms with Gasteiger partial charge in [-0.25, -0.2) is 0 Å². The number of fused-ring (bicyclic) bond motifs is 1. The summed E-state index contributed by atoms with van der Waals surface area (Å²) in [4.78, 5) is 12.3. The highest BCUT2D eigenvalue weighted by Gasteiger charge is 2.14. The van der Waals surface area contributed by atoms with Crippen LogP contribution in [0.4, 0.5) is 5.69 Å². The molecule has 1 aromatic heterocycles. The number of pyridine rings is 1. The smallest absolute Gasteiger partial charge is 0.212 e. The van der Waals surface area contributed by atoms with Crippen LogP contribution in [0.5, 0.6) is 0 Å². The maximum atomic E-state index is 12.3. The van der Waals surface area contributed by atoms with E-state index in [4.69, 9.17) is 28.9 Å². The van der Waals surface area contributed by atoms with E-state index in [1.165, 1.54) is 0 Å². The summed E-state index contributed by atoms with van der Waals surface area (Å²) in [6, 6.07) is 12.5. The van der Waals surface area contributed by atoms with E-state index in [1.807, 2.05) is 22.8 Å². The fourth-order valence-electron chi connectivity index (χ4n) is 2.44. The van der Waals surface area contributed by atoms with Gasteiger partial charge in [-0.3, -0.25) is 4.79 Å². The summed E-state index contributed by atoms with van der Waals surface area (Å²) in [5, 5.41) is 1.64. The summed E-state index contributed by atoms with van der Waals surface area (Å²) in [6.45, 7) is 1.79. The number of nitrogens with zero attached hydrogens (tertiary/aromatic N) is 1. The van der Waals surface area contributed by atoms with Crippen molar-refractivity contribution in [3.8, 4) is 5.69 Å². The summed E-state index contributed by atoms with van der Waals surface area (Å²) >= 11 is 12.4. The Morgan fingerprint density at radius 2 is 1.81 bits per heavy atom. The van der Waals surface area contributed by atoms with Gasteiger partial charge in [0.1, 0.15) is 5.69 Å². The summed E-state index contributed by atoms with van der Waals surface area (Å²) in [7, 11) is 0. The molecule has 0 spiro atoms. The molecule has 1 heterocycles. The van der Waals surface area contributed by atoms with Crippen molar-refractivity contribution in [2.75, 3.05) is 5.73 Å². The van der Waals surface area contributed by atoms with Crippen molar-refractivity contribution in [1.29, 1.82) is 0 Å². The quantitative estimate of drug-likeness (QED) is 0.731. The standard InChI is InChI=1S/C16H12Cl2N2O/c1-9-15(19)16(21)11-7-6-10(17)8-14(11)20(9)13-5-3-2-4-12(13)18/h2-8H,19H2,1H3. The Morgan fingerprint density at radius 3 is 2.52 bits per heavy atom. The molecular formula is C16H12Cl2N2O. The van der Waals surface area contributed by atoms with Crippen LogP contribution in [-0.2, 0) is 0 Å². The van der Waals surface area contributed by atoms with Crippen molar-refractivity contribution in [2.45, 2.75) is 6.92 Å². The summed E-state index contributed by atoms with van der Waals surface area (Å²) in [6.07, 6.45) is 0. The van der Waals surface area contributed by atoms with E-state index >= 15 is 0 Å². The molecule has 0 aliphatic rings. The molecule has 0 aliphatic carbocycles. The fourth-order valence-corrected chi connectivity index (χ4v) is 2.82. The minimum atomic E-state index is -0.192. The average molecular weight is 319 g/mol. The Labute approximate surface area is 131 Å². The van der Waals surface area contributed by atoms with Crippen molar-refractivity contribution in [1.82, 2.24) is 4.57 Å². The zero-order valence-electron chi connectivity index (χ0n) is 11.2. The Hall–Kier alpha value is -1.97. The topological polar surface area (TPSA) is 48.0 Å². The van der Waals surface area contributed by atoms with Crippen molar-refractivity contribution in [2.24, 2.45) is 0 Å². The lowest BCUT2D eigenvalue weighted by Crippen LogP contribution is -2.17. The van der Waals surface area contributed by atoms with Gasteiger partial charge in [0.25, 0.3) is 0 Å². The van der Waals surface area contributed by atoms with E-state index in [0.717, 1.165) is 5.69 Å². The Bertz CT molecular complexity index is 916. The van der Waals surface area contributed by atoms with E-state index in [-0.39, 0.29) is 11.1 Å². The zero-order chi connectivity index (χ0) is 15.1. The maximum absolute atomic E-state index is 12.3. The van der Waals surface area contributed by atoms with Crippen LogP contribution in [-0.4, -0.2) is 4.57 Å². The lowest BCUT2D eigenvalue weighted by Gasteiger charge is -2.18. The first-order valence-corrected chi connectivity index (χ1v) is 7.11. The van der Waals surface area contributed by atoms with Gasteiger partial charge in [0.15, 0.2) is 0 Å². The number of hydrogen-bond acceptors (Lipinski definition) is 2. The van der Waals surface area contributed by atoms with Gasteiger partial charge in [0, 0.05) is 16.1 Å². The molecule has 0 atom stereocenters. The van der Waals surface area contributed by atoms with Crippen LogP contribution in [0.1, 0.15) is 5.69 Å². The van der Waals surface area contributed by atoms with Gasteiger partial charge in [-0.15, -0.1) is 0 Å². The highest BCUT2D eigenvalue weighted by Crippen LogP contribution is 2.28. The van der Waals surface area contributed by atoms with E-state index in [1.54, 1.807) is 31.2 Å². The van der Waals surface area contributed by atoms with Crippen LogP contribution in [0.2, 0.25) is 10.0 Å². The average Bonchev–Trinajstić information content (AvgIpc) is 2.47. The third kappa shape index (κ3) is 2.19. The summed E-state index contributed by atoms with van der Waals surface area (Å²) < 4.78 is 1.86. The Morgan fingerprint density at radius 1 is 1.10 bits per heavy atom. The minimum Gasteiger partial charge on any atom is -0.394 e. The van der Waals surface area contributed by atoms with Crippen LogP contribution in [0.25, 0.3) is 16.6 Å². The second-order valence-electron chi connectivity index (χ2n) is 4.78. The number of para-hydroxylation sites is 1. The van der Waals surface area contributed by atoms with E-state index < -0.39 is 0 Å². The van der Waals surface area contributed by atoms with Crippen LogP contribution in [0.3, 0.4) is 0 Å². The van der Waals surface area contributed by atoms with Crippen molar-refractivity contribution in [3.63, 3.8) is 0 Å². The van der Waals surface area contributed by atoms with Crippen molar-refractivity contribution >= 4 is 39.8 Å². The van der Waals surface area contributed by atoms with E-state index in [0.29, 0.717) is 26.6 Å². The Balaban J connectivity index is 2.56. The van der Waals surface area contributed by atoms with Gasteiger partial charge in [0.05, 0.1) is 16.2 Å². The minimum absolute atomic E-state index is 0.192. The maximum Gasteiger partial charge on any atom is 0.212 e. The highest BCUT2D eigenvalue weighted by molar-refractivity contribution is 6.32. The molecule has 0 amide bonds. The zero-order valence-corrected chi connectivity index (χ0v) is 12.7. The molecule has 0 saturated heterocycles. The van der Waals surface area contributed by atoms with Gasteiger partial charge >= 0.3 is 0 Å². The van der Waals surface area contributed by atoms with Crippen LogP contribution >= 0.6 is 23.2 Å². The third-order valence-electron chi connectivity index (χ3n) is 3.51. The molecular weight excluding hydrogens is 307 g/mol. The van der Waals surface area contributed by atoms with Gasteiger partial charge < -0.3 is 10.3 Å². The number of hydrogen-bond donors (Lipinski definition) is 1. The third-order valence-corrected chi connectivity index (χ3v) is 4.06.